The van der Waals surface area contributed by atoms with Crippen LogP contribution < -0.4 is 5.32 Å². The summed E-state index contributed by atoms with van der Waals surface area (Å²) in [5.74, 6) is 3.72. The van der Waals surface area contributed by atoms with Crippen molar-refractivity contribution < 1.29 is 0 Å². The Balaban J connectivity index is 1.46. The first-order valence-corrected chi connectivity index (χ1v) is 10.3. The molecule has 144 valence electrons. The zero-order chi connectivity index (χ0) is 18.5. The summed E-state index contributed by atoms with van der Waals surface area (Å²) in [6.07, 6.45) is 5.94. The number of nitrogens with zero attached hydrogens (tertiary/aromatic N) is 5. The number of guanidine groups is 1. The van der Waals surface area contributed by atoms with E-state index in [1.807, 2.05) is 0 Å². The average Bonchev–Trinajstić information content (AvgIpc) is 3.27. The maximum Gasteiger partial charge on any atom is 0.194 e. The monoisotopic (exact) mass is 366 g/mol. The molecule has 2 aromatic rings. The predicted molar refractivity (Wildman–Crippen MR) is 108 cm³/mol. The van der Waals surface area contributed by atoms with Gasteiger partial charge in [-0.15, -0.1) is 10.2 Å². The van der Waals surface area contributed by atoms with Crippen molar-refractivity contribution in [3.05, 3.63) is 47.5 Å². The molecule has 6 heteroatoms. The molecule has 1 fully saturated rings. The number of benzene rings is 1. The van der Waals surface area contributed by atoms with Gasteiger partial charge in [0.1, 0.15) is 12.4 Å². The lowest BCUT2D eigenvalue weighted by atomic mass is 9.99. The molecular formula is C21H30N6. The lowest BCUT2D eigenvalue weighted by Crippen LogP contribution is -2.40. The molecule has 0 saturated carbocycles. The van der Waals surface area contributed by atoms with Crippen molar-refractivity contribution in [1.29, 1.82) is 0 Å². The van der Waals surface area contributed by atoms with Gasteiger partial charge in [0.2, 0.25) is 0 Å². The Morgan fingerprint density at radius 1 is 1.15 bits per heavy atom. The van der Waals surface area contributed by atoms with Crippen molar-refractivity contribution >= 4 is 5.96 Å². The molecule has 0 spiro atoms. The third kappa shape index (κ3) is 4.15. The highest BCUT2D eigenvalue weighted by Gasteiger charge is 2.26. The summed E-state index contributed by atoms with van der Waals surface area (Å²) < 4.78 is 2.29. The summed E-state index contributed by atoms with van der Waals surface area (Å²) in [4.78, 5) is 7.30. The van der Waals surface area contributed by atoms with Gasteiger partial charge in [0.15, 0.2) is 11.8 Å². The highest BCUT2D eigenvalue weighted by atomic mass is 15.3. The van der Waals surface area contributed by atoms with Crippen LogP contribution in [0.4, 0.5) is 0 Å². The number of hydrogen-bond donors (Lipinski definition) is 1. The van der Waals surface area contributed by atoms with Gasteiger partial charge in [0.05, 0.1) is 0 Å². The molecular weight excluding hydrogens is 336 g/mol. The van der Waals surface area contributed by atoms with E-state index in [0.29, 0.717) is 12.5 Å². The fourth-order valence-corrected chi connectivity index (χ4v) is 4.18. The van der Waals surface area contributed by atoms with E-state index < -0.39 is 0 Å². The van der Waals surface area contributed by atoms with Gasteiger partial charge < -0.3 is 14.8 Å². The van der Waals surface area contributed by atoms with Crippen molar-refractivity contribution in [2.45, 2.75) is 58.0 Å². The number of aromatic nitrogens is 3. The van der Waals surface area contributed by atoms with Crippen molar-refractivity contribution in [3.8, 4) is 0 Å². The van der Waals surface area contributed by atoms with Gasteiger partial charge in [-0.3, -0.25) is 0 Å². The first-order chi connectivity index (χ1) is 13.3. The largest absolute Gasteiger partial charge is 0.357 e. The van der Waals surface area contributed by atoms with Gasteiger partial charge in [-0.05, 0) is 31.7 Å². The summed E-state index contributed by atoms with van der Waals surface area (Å²) in [5, 5.41) is 12.3. The fraction of sp³-hybridized carbons (Fsp3) is 0.571. The molecule has 1 N–H and O–H groups in total. The Morgan fingerprint density at radius 3 is 2.89 bits per heavy atom. The zero-order valence-corrected chi connectivity index (χ0v) is 16.3. The Hall–Kier alpha value is -2.37. The Labute approximate surface area is 161 Å². The quantitative estimate of drug-likeness (QED) is 0.668. The maximum absolute atomic E-state index is 4.91. The lowest BCUT2D eigenvalue weighted by Gasteiger charge is -2.21. The van der Waals surface area contributed by atoms with Crippen molar-refractivity contribution in [1.82, 2.24) is 25.0 Å². The molecule has 1 atom stereocenters. The predicted octanol–water partition coefficient (Wildman–Crippen LogP) is 2.96. The molecule has 1 aromatic carbocycles. The van der Waals surface area contributed by atoms with Gasteiger partial charge >= 0.3 is 0 Å². The summed E-state index contributed by atoms with van der Waals surface area (Å²) in [7, 11) is 0. The summed E-state index contributed by atoms with van der Waals surface area (Å²) >= 11 is 0. The minimum atomic E-state index is 0.583. The van der Waals surface area contributed by atoms with Crippen molar-refractivity contribution in [2.75, 3.05) is 19.6 Å². The molecule has 2 aliphatic rings. The van der Waals surface area contributed by atoms with Crippen LogP contribution in [0, 0.1) is 0 Å². The van der Waals surface area contributed by atoms with E-state index in [1.54, 1.807) is 0 Å². The highest BCUT2D eigenvalue weighted by Crippen LogP contribution is 2.27. The van der Waals surface area contributed by atoms with Crippen LogP contribution in [-0.4, -0.2) is 45.3 Å². The number of aliphatic imine (C=N–C) groups is 1. The number of likely N-dealkylation sites (tertiary alicyclic amines) is 1. The summed E-state index contributed by atoms with van der Waals surface area (Å²) in [6, 6.07) is 10.8. The standard InChI is InChI=1S/C21H30N6/c1-2-22-21(26-14-12-18(16-26)17-9-5-3-6-10-17)23-15-20-25-24-19-11-7-4-8-13-27(19)20/h3,5-6,9-10,18H,2,4,7-8,11-16H2,1H3,(H,22,23). The Morgan fingerprint density at radius 2 is 2.04 bits per heavy atom. The van der Waals surface area contributed by atoms with E-state index in [4.69, 9.17) is 4.99 Å². The van der Waals surface area contributed by atoms with Gasteiger partial charge in [-0.2, -0.15) is 0 Å². The average molecular weight is 367 g/mol. The van der Waals surface area contributed by atoms with E-state index in [-0.39, 0.29) is 0 Å². The van der Waals surface area contributed by atoms with E-state index >= 15 is 0 Å². The molecule has 1 aromatic heterocycles. The van der Waals surface area contributed by atoms with Gasteiger partial charge in [0.25, 0.3) is 0 Å². The van der Waals surface area contributed by atoms with Crippen molar-refractivity contribution in [3.63, 3.8) is 0 Å². The van der Waals surface area contributed by atoms with Crippen LogP contribution in [0.3, 0.4) is 0 Å². The fourth-order valence-electron chi connectivity index (χ4n) is 4.18. The van der Waals surface area contributed by atoms with Crippen LogP contribution in [0.2, 0.25) is 0 Å². The van der Waals surface area contributed by atoms with Crippen LogP contribution in [0.1, 0.15) is 55.7 Å². The molecule has 3 heterocycles. The molecule has 0 bridgehead atoms. The number of fused-ring (bicyclic) bond motifs is 1. The normalized spacial score (nSPS) is 20.4. The number of hydrogen-bond acceptors (Lipinski definition) is 3. The molecule has 1 saturated heterocycles. The molecule has 2 aliphatic heterocycles. The summed E-state index contributed by atoms with van der Waals surface area (Å²) in [5.41, 5.74) is 1.43. The maximum atomic E-state index is 4.91. The van der Waals surface area contributed by atoms with E-state index in [9.17, 15) is 0 Å². The van der Waals surface area contributed by atoms with Crippen LogP contribution >= 0.6 is 0 Å². The molecule has 0 aliphatic carbocycles. The van der Waals surface area contributed by atoms with E-state index in [1.165, 1.54) is 31.2 Å². The molecule has 1 unspecified atom stereocenters. The molecule has 6 nitrogen and oxygen atoms in total. The van der Waals surface area contributed by atoms with Gasteiger partial charge in [0, 0.05) is 38.5 Å². The Kier molecular flexibility index (Phi) is 5.70. The van der Waals surface area contributed by atoms with Crippen LogP contribution in [0.15, 0.2) is 35.3 Å². The lowest BCUT2D eigenvalue weighted by molar-refractivity contribution is 0.484. The van der Waals surface area contributed by atoms with E-state index in [2.05, 4.69) is 62.2 Å². The van der Waals surface area contributed by atoms with E-state index in [0.717, 1.165) is 50.2 Å². The first-order valence-electron chi connectivity index (χ1n) is 10.3. The second-order valence-corrected chi connectivity index (χ2v) is 7.51. The topological polar surface area (TPSA) is 58.3 Å². The minimum Gasteiger partial charge on any atom is -0.357 e. The summed E-state index contributed by atoms with van der Waals surface area (Å²) in [6.45, 7) is 6.70. The SMILES string of the molecule is CCNC(=NCc1nnc2n1CCCCC2)N1CCC(c2ccccc2)C1. The molecule has 0 amide bonds. The van der Waals surface area contributed by atoms with Gasteiger partial charge in [-0.1, -0.05) is 36.8 Å². The van der Waals surface area contributed by atoms with Crippen LogP contribution in [-0.2, 0) is 19.5 Å². The zero-order valence-electron chi connectivity index (χ0n) is 16.3. The second-order valence-electron chi connectivity index (χ2n) is 7.51. The highest BCUT2D eigenvalue weighted by molar-refractivity contribution is 5.80. The number of aryl methyl sites for hydroxylation is 1. The molecule has 27 heavy (non-hydrogen) atoms. The third-order valence-electron chi connectivity index (χ3n) is 5.65. The van der Waals surface area contributed by atoms with Gasteiger partial charge in [-0.25, -0.2) is 4.99 Å². The minimum absolute atomic E-state index is 0.583. The second kappa shape index (κ2) is 8.55. The number of rotatable bonds is 4. The smallest absolute Gasteiger partial charge is 0.194 e. The van der Waals surface area contributed by atoms with Crippen LogP contribution in [0.25, 0.3) is 0 Å². The Bertz CT molecular complexity index is 766. The third-order valence-corrected chi connectivity index (χ3v) is 5.65. The van der Waals surface area contributed by atoms with Crippen LogP contribution in [0.5, 0.6) is 0 Å². The molecule has 0 radical (unpaired) electrons. The first kappa shape index (κ1) is 18.0. The number of nitrogens with one attached hydrogen (secondary N) is 1. The van der Waals surface area contributed by atoms with Crippen molar-refractivity contribution in [2.24, 2.45) is 4.99 Å². The molecule has 4 rings (SSSR count).